The van der Waals surface area contributed by atoms with Gasteiger partial charge in [0.15, 0.2) is 5.82 Å². The van der Waals surface area contributed by atoms with Crippen LogP contribution in [0.3, 0.4) is 0 Å². The number of amides is 1. The van der Waals surface area contributed by atoms with Crippen LogP contribution in [0, 0.1) is 6.92 Å². The monoisotopic (exact) mass is 415 g/mol. The van der Waals surface area contributed by atoms with Gasteiger partial charge in [0.2, 0.25) is 0 Å². The molecule has 1 N–H and O–H groups in total. The molecule has 1 aliphatic heterocycles. The SMILES string of the molecule is Cc1ccc(-c2ncc(C(=O)NCCN3CCCCCC3)c(-c3ccncc3)n2)cc1. The Balaban J connectivity index is 1.54. The maximum atomic E-state index is 13.0. The molecule has 1 amide bonds. The van der Waals surface area contributed by atoms with Crippen molar-refractivity contribution in [3.63, 3.8) is 0 Å². The summed E-state index contributed by atoms with van der Waals surface area (Å²) in [5.41, 5.74) is 4.06. The van der Waals surface area contributed by atoms with E-state index in [0.717, 1.165) is 30.8 Å². The first-order valence-electron chi connectivity index (χ1n) is 11.1. The highest BCUT2D eigenvalue weighted by molar-refractivity contribution is 5.99. The first-order chi connectivity index (χ1) is 15.2. The highest BCUT2D eigenvalue weighted by Gasteiger charge is 2.17. The van der Waals surface area contributed by atoms with Crippen LogP contribution in [0.1, 0.15) is 41.6 Å². The number of aryl methyl sites for hydroxylation is 1. The smallest absolute Gasteiger partial charge is 0.255 e. The Hall–Kier alpha value is -3.12. The van der Waals surface area contributed by atoms with Gasteiger partial charge >= 0.3 is 0 Å². The molecular weight excluding hydrogens is 386 g/mol. The van der Waals surface area contributed by atoms with Crippen molar-refractivity contribution in [2.24, 2.45) is 0 Å². The van der Waals surface area contributed by atoms with Crippen molar-refractivity contribution in [2.75, 3.05) is 26.2 Å². The standard InChI is InChI=1S/C25H29N5O/c1-19-6-8-21(9-7-19)24-28-18-22(23(29-24)20-10-12-26-13-11-20)25(31)27-14-17-30-15-4-2-3-5-16-30/h6-13,18H,2-5,14-17H2,1H3,(H,27,31). The number of likely N-dealkylation sites (tertiary alicyclic amines) is 1. The Morgan fingerprint density at radius 1 is 0.968 bits per heavy atom. The van der Waals surface area contributed by atoms with Crippen molar-refractivity contribution in [2.45, 2.75) is 32.6 Å². The third-order valence-electron chi connectivity index (χ3n) is 5.71. The number of carbonyl (C=O) groups is 1. The molecule has 1 saturated heterocycles. The summed E-state index contributed by atoms with van der Waals surface area (Å²) in [6.45, 7) is 5.78. The van der Waals surface area contributed by atoms with Gasteiger partial charge in [-0.25, -0.2) is 9.97 Å². The fourth-order valence-corrected chi connectivity index (χ4v) is 3.90. The summed E-state index contributed by atoms with van der Waals surface area (Å²) < 4.78 is 0. The first-order valence-corrected chi connectivity index (χ1v) is 11.1. The van der Waals surface area contributed by atoms with E-state index in [1.807, 2.05) is 43.3 Å². The third kappa shape index (κ3) is 5.52. The number of nitrogens with one attached hydrogen (secondary N) is 1. The van der Waals surface area contributed by atoms with Crippen LogP contribution in [0.4, 0.5) is 0 Å². The Morgan fingerprint density at radius 3 is 2.39 bits per heavy atom. The number of aromatic nitrogens is 3. The molecular formula is C25H29N5O. The van der Waals surface area contributed by atoms with Crippen molar-refractivity contribution in [1.29, 1.82) is 0 Å². The molecule has 0 bridgehead atoms. The van der Waals surface area contributed by atoms with E-state index in [1.54, 1.807) is 18.6 Å². The summed E-state index contributed by atoms with van der Waals surface area (Å²) in [6, 6.07) is 11.8. The Kier molecular flexibility index (Phi) is 6.99. The molecule has 3 heterocycles. The van der Waals surface area contributed by atoms with Crippen molar-refractivity contribution in [3.8, 4) is 22.6 Å². The van der Waals surface area contributed by atoms with Crippen LogP contribution in [-0.4, -0.2) is 51.9 Å². The molecule has 0 unspecified atom stereocenters. The van der Waals surface area contributed by atoms with Gasteiger partial charge in [0, 0.05) is 42.8 Å². The Morgan fingerprint density at radius 2 is 1.68 bits per heavy atom. The fourth-order valence-electron chi connectivity index (χ4n) is 3.90. The van der Waals surface area contributed by atoms with Crippen molar-refractivity contribution in [1.82, 2.24) is 25.2 Å². The normalized spacial score (nSPS) is 14.7. The molecule has 0 spiro atoms. The van der Waals surface area contributed by atoms with E-state index in [0.29, 0.717) is 23.6 Å². The van der Waals surface area contributed by atoms with Crippen LogP contribution < -0.4 is 5.32 Å². The number of hydrogen-bond donors (Lipinski definition) is 1. The van der Waals surface area contributed by atoms with Crippen LogP contribution >= 0.6 is 0 Å². The minimum Gasteiger partial charge on any atom is -0.351 e. The molecule has 6 heteroatoms. The predicted molar refractivity (Wildman–Crippen MR) is 123 cm³/mol. The molecule has 31 heavy (non-hydrogen) atoms. The lowest BCUT2D eigenvalue weighted by atomic mass is 10.1. The number of pyridine rings is 1. The molecule has 0 radical (unpaired) electrons. The summed E-state index contributed by atoms with van der Waals surface area (Å²) in [5.74, 6) is 0.463. The Bertz CT molecular complexity index is 996. The van der Waals surface area contributed by atoms with Gasteiger partial charge in [-0.05, 0) is 45.0 Å². The van der Waals surface area contributed by atoms with E-state index in [9.17, 15) is 4.79 Å². The van der Waals surface area contributed by atoms with E-state index >= 15 is 0 Å². The van der Waals surface area contributed by atoms with Gasteiger partial charge in [-0.3, -0.25) is 9.78 Å². The molecule has 6 nitrogen and oxygen atoms in total. The van der Waals surface area contributed by atoms with E-state index < -0.39 is 0 Å². The first kappa shape index (κ1) is 21.1. The van der Waals surface area contributed by atoms with Gasteiger partial charge in [0.25, 0.3) is 5.91 Å². The quantitative estimate of drug-likeness (QED) is 0.656. The van der Waals surface area contributed by atoms with Crippen LogP contribution in [-0.2, 0) is 0 Å². The zero-order valence-corrected chi connectivity index (χ0v) is 18.1. The van der Waals surface area contributed by atoms with Gasteiger partial charge in [-0.2, -0.15) is 0 Å². The Labute approximate surface area is 183 Å². The summed E-state index contributed by atoms with van der Waals surface area (Å²) in [5, 5.41) is 3.07. The van der Waals surface area contributed by atoms with E-state index in [2.05, 4.69) is 20.2 Å². The van der Waals surface area contributed by atoms with Crippen LogP contribution in [0.5, 0.6) is 0 Å². The van der Waals surface area contributed by atoms with Gasteiger partial charge in [0.05, 0.1) is 11.3 Å². The van der Waals surface area contributed by atoms with E-state index in [4.69, 9.17) is 4.98 Å². The van der Waals surface area contributed by atoms with Crippen LogP contribution in [0.2, 0.25) is 0 Å². The number of nitrogens with zero attached hydrogens (tertiary/aromatic N) is 4. The lowest BCUT2D eigenvalue weighted by molar-refractivity contribution is 0.0948. The minimum atomic E-state index is -0.142. The lowest BCUT2D eigenvalue weighted by Gasteiger charge is -2.20. The third-order valence-corrected chi connectivity index (χ3v) is 5.71. The van der Waals surface area contributed by atoms with Crippen LogP contribution in [0.15, 0.2) is 55.0 Å². The fraction of sp³-hybridized carbons (Fsp3) is 0.360. The summed E-state index contributed by atoms with van der Waals surface area (Å²) in [7, 11) is 0. The van der Waals surface area contributed by atoms with Crippen LogP contribution in [0.25, 0.3) is 22.6 Å². The van der Waals surface area contributed by atoms with Crippen molar-refractivity contribution in [3.05, 3.63) is 66.1 Å². The molecule has 1 fully saturated rings. The molecule has 4 rings (SSSR count). The zero-order valence-electron chi connectivity index (χ0n) is 18.1. The second kappa shape index (κ2) is 10.3. The molecule has 0 saturated carbocycles. The highest BCUT2D eigenvalue weighted by Crippen LogP contribution is 2.24. The maximum absolute atomic E-state index is 13.0. The summed E-state index contributed by atoms with van der Waals surface area (Å²) in [6.07, 6.45) is 10.2. The van der Waals surface area contributed by atoms with Crippen molar-refractivity contribution >= 4 is 5.91 Å². The van der Waals surface area contributed by atoms with E-state index in [1.165, 1.54) is 31.2 Å². The number of rotatable bonds is 6. The number of hydrogen-bond acceptors (Lipinski definition) is 5. The molecule has 3 aromatic rings. The predicted octanol–water partition coefficient (Wildman–Crippen LogP) is 4.12. The topological polar surface area (TPSA) is 71.0 Å². The zero-order chi connectivity index (χ0) is 21.5. The van der Waals surface area contributed by atoms with Gasteiger partial charge in [-0.1, -0.05) is 42.7 Å². The van der Waals surface area contributed by atoms with Gasteiger partial charge in [0.1, 0.15) is 0 Å². The second-order valence-corrected chi connectivity index (χ2v) is 8.07. The maximum Gasteiger partial charge on any atom is 0.255 e. The molecule has 0 aliphatic carbocycles. The molecule has 1 aliphatic rings. The lowest BCUT2D eigenvalue weighted by Crippen LogP contribution is -2.35. The van der Waals surface area contributed by atoms with Gasteiger partial charge in [-0.15, -0.1) is 0 Å². The van der Waals surface area contributed by atoms with Gasteiger partial charge < -0.3 is 10.2 Å². The minimum absolute atomic E-state index is 0.142. The second-order valence-electron chi connectivity index (χ2n) is 8.07. The summed E-state index contributed by atoms with van der Waals surface area (Å²) in [4.78, 5) is 28.8. The molecule has 2 aromatic heterocycles. The average Bonchev–Trinajstić information content (AvgIpc) is 3.09. The number of carbonyl (C=O) groups excluding carboxylic acids is 1. The van der Waals surface area contributed by atoms with E-state index in [-0.39, 0.29) is 5.91 Å². The van der Waals surface area contributed by atoms with Crippen molar-refractivity contribution < 1.29 is 4.79 Å². The number of benzene rings is 1. The highest BCUT2D eigenvalue weighted by atomic mass is 16.1. The largest absolute Gasteiger partial charge is 0.351 e. The molecule has 1 aromatic carbocycles. The average molecular weight is 416 g/mol. The molecule has 160 valence electrons. The molecule has 0 atom stereocenters. The summed E-state index contributed by atoms with van der Waals surface area (Å²) >= 11 is 0.